The minimum atomic E-state index is -3.79. The molecule has 7 heteroatoms. The number of amides is 1. The standard InChI is InChI=1S/C19H30N2O4S/c1-14(2)18(19(22)21-12-6-5-7-13-21)20-26(23,24)17-10-8-16(9-11-17)25-15(3)4/h8-11,14-15,18,20H,5-7,12-13H2,1-4H3/t18-/m0/s1. The Balaban J connectivity index is 2.14. The molecule has 0 radical (unpaired) electrons. The lowest BCUT2D eigenvalue weighted by atomic mass is 10.0. The lowest BCUT2D eigenvalue weighted by Gasteiger charge is -2.32. The molecule has 1 aliphatic heterocycles. The van der Waals surface area contributed by atoms with Gasteiger partial charge >= 0.3 is 0 Å². The Labute approximate surface area is 157 Å². The zero-order valence-electron chi connectivity index (χ0n) is 16.1. The van der Waals surface area contributed by atoms with Crippen LogP contribution in [-0.4, -0.2) is 44.5 Å². The Morgan fingerprint density at radius 2 is 1.62 bits per heavy atom. The second kappa shape index (κ2) is 8.86. The highest BCUT2D eigenvalue weighted by Crippen LogP contribution is 2.19. The van der Waals surface area contributed by atoms with E-state index in [9.17, 15) is 13.2 Å². The van der Waals surface area contributed by atoms with Crippen molar-refractivity contribution in [2.24, 2.45) is 5.92 Å². The van der Waals surface area contributed by atoms with Crippen LogP contribution in [0.4, 0.5) is 0 Å². The van der Waals surface area contributed by atoms with E-state index >= 15 is 0 Å². The molecule has 0 aromatic heterocycles. The highest BCUT2D eigenvalue weighted by atomic mass is 32.2. The quantitative estimate of drug-likeness (QED) is 0.787. The van der Waals surface area contributed by atoms with Gasteiger partial charge in [-0.05, 0) is 63.3 Å². The SMILES string of the molecule is CC(C)Oc1ccc(S(=O)(=O)N[C@H](C(=O)N2CCCCC2)C(C)C)cc1. The maximum atomic E-state index is 12.8. The Morgan fingerprint density at radius 1 is 1.04 bits per heavy atom. The number of nitrogens with one attached hydrogen (secondary N) is 1. The van der Waals surface area contributed by atoms with E-state index in [-0.39, 0.29) is 22.8 Å². The molecule has 1 aromatic rings. The van der Waals surface area contributed by atoms with Gasteiger partial charge in [0.1, 0.15) is 11.8 Å². The van der Waals surface area contributed by atoms with Gasteiger partial charge in [-0.2, -0.15) is 4.72 Å². The molecule has 1 aliphatic rings. The minimum absolute atomic E-state index is 0.0167. The van der Waals surface area contributed by atoms with E-state index in [1.165, 1.54) is 12.1 Å². The molecular formula is C19H30N2O4S. The third-order valence-corrected chi connectivity index (χ3v) is 5.85. The van der Waals surface area contributed by atoms with Crippen LogP contribution in [0.2, 0.25) is 0 Å². The highest BCUT2D eigenvalue weighted by molar-refractivity contribution is 7.89. The molecular weight excluding hydrogens is 352 g/mol. The van der Waals surface area contributed by atoms with E-state index in [0.717, 1.165) is 19.3 Å². The summed E-state index contributed by atoms with van der Waals surface area (Å²) in [6.45, 7) is 8.93. The van der Waals surface area contributed by atoms with Gasteiger partial charge in [-0.3, -0.25) is 4.79 Å². The number of ether oxygens (including phenoxy) is 1. The van der Waals surface area contributed by atoms with Crippen molar-refractivity contribution in [3.63, 3.8) is 0 Å². The third kappa shape index (κ3) is 5.45. The van der Waals surface area contributed by atoms with Gasteiger partial charge in [-0.15, -0.1) is 0 Å². The number of hydrogen-bond donors (Lipinski definition) is 1. The average molecular weight is 383 g/mol. The van der Waals surface area contributed by atoms with Gasteiger partial charge in [0.2, 0.25) is 15.9 Å². The lowest BCUT2D eigenvalue weighted by molar-refractivity contribution is -0.134. The van der Waals surface area contributed by atoms with Crippen LogP contribution in [0.15, 0.2) is 29.2 Å². The van der Waals surface area contributed by atoms with Crippen LogP contribution in [0, 0.1) is 5.92 Å². The van der Waals surface area contributed by atoms with Gasteiger partial charge < -0.3 is 9.64 Å². The molecule has 1 fully saturated rings. The molecule has 1 heterocycles. The van der Waals surface area contributed by atoms with Crippen LogP contribution < -0.4 is 9.46 Å². The summed E-state index contributed by atoms with van der Waals surface area (Å²) >= 11 is 0. The van der Waals surface area contributed by atoms with Crippen LogP contribution >= 0.6 is 0 Å². The van der Waals surface area contributed by atoms with E-state index in [0.29, 0.717) is 18.8 Å². The summed E-state index contributed by atoms with van der Waals surface area (Å²) in [7, 11) is -3.79. The average Bonchev–Trinajstić information content (AvgIpc) is 2.59. The van der Waals surface area contributed by atoms with Crippen molar-refractivity contribution in [3.05, 3.63) is 24.3 Å². The van der Waals surface area contributed by atoms with E-state index in [1.54, 1.807) is 17.0 Å². The molecule has 0 spiro atoms. The first-order valence-corrected chi connectivity index (χ1v) is 10.8. The molecule has 1 atom stereocenters. The second-order valence-electron chi connectivity index (χ2n) is 7.37. The zero-order chi connectivity index (χ0) is 19.3. The summed E-state index contributed by atoms with van der Waals surface area (Å²) in [5.74, 6) is 0.342. The van der Waals surface area contributed by atoms with Crippen LogP contribution in [0.25, 0.3) is 0 Å². The fourth-order valence-corrected chi connectivity index (χ4v) is 4.33. The summed E-state index contributed by atoms with van der Waals surface area (Å²) in [4.78, 5) is 14.7. The molecule has 0 aliphatic carbocycles. The number of likely N-dealkylation sites (tertiary alicyclic amines) is 1. The molecule has 1 saturated heterocycles. The van der Waals surface area contributed by atoms with E-state index < -0.39 is 16.1 Å². The summed E-state index contributed by atoms with van der Waals surface area (Å²) in [5.41, 5.74) is 0. The number of nitrogens with zero attached hydrogens (tertiary/aromatic N) is 1. The number of benzene rings is 1. The molecule has 0 unspecified atom stereocenters. The van der Waals surface area contributed by atoms with Crippen LogP contribution in [-0.2, 0) is 14.8 Å². The van der Waals surface area contributed by atoms with Crippen molar-refractivity contribution >= 4 is 15.9 Å². The van der Waals surface area contributed by atoms with Crippen molar-refractivity contribution in [2.45, 2.75) is 64.0 Å². The third-order valence-electron chi connectivity index (χ3n) is 4.39. The van der Waals surface area contributed by atoms with Gasteiger partial charge in [0.25, 0.3) is 0 Å². The normalized spacial score (nSPS) is 16.8. The van der Waals surface area contributed by atoms with E-state index in [2.05, 4.69) is 4.72 Å². The van der Waals surface area contributed by atoms with Crippen LogP contribution in [0.5, 0.6) is 5.75 Å². The number of hydrogen-bond acceptors (Lipinski definition) is 4. The Bertz CT molecular complexity index is 693. The number of rotatable bonds is 7. The molecule has 0 bridgehead atoms. The maximum Gasteiger partial charge on any atom is 0.241 e. The zero-order valence-corrected chi connectivity index (χ0v) is 16.9. The molecule has 146 valence electrons. The fraction of sp³-hybridized carbons (Fsp3) is 0.632. The lowest BCUT2D eigenvalue weighted by Crippen LogP contribution is -2.52. The summed E-state index contributed by atoms with van der Waals surface area (Å²) in [6.07, 6.45) is 3.08. The van der Waals surface area contributed by atoms with Gasteiger partial charge in [0.05, 0.1) is 11.0 Å². The summed E-state index contributed by atoms with van der Waals surface area (Å²) in [6, 6.07) is 5.51. The summed E-state index contributed by atoms with van der Waals surface area (Å²) in [5, 5.41) is 0. The second-order valence-corrected chi connectivity index (χ2v) is 9.08. The first kappa shape index (κ1) is 20.7. The minimum Gasteiger partial charge on any atom is -0.491 e. The van der Waals surface area contributed by atoms with Crippen LogP contribution in [0.3, 0.4) is 0 Å². The van der Waals surface area contributed by atoms with E-state index in [4.69, 9.17) is 4.74 Å². The Hall–Kier alpha value is -1.60. The van der Waals surface area contributed by atoms with Gasteiger partial charge in [0.15, 0.2) is 0 Å². The highest BCUT2D eigenvalue weighted by Gasteiger charge is 2.32. The molecule has 0 saturated carbocycles. The number of carbonyl (C=O) groups excluding carboxylic acids is 1. The fourth-order valence-electron chi connectivity index (χ4n) is 2.99. The summed E-state index contributed by atoms with van der Waals surface area (Å²) < 4.78 is 33.6. The van der Waals surface area contributed by atoms with Crippen molar-refractivity contribution in [1.82, 2.24) is 9.62 Å². The molecule has 1 amide bonds. The van der Waals surface area contributed by atoms with E-state index in [1.807, 2.05) is 27.7 Å². The van der Waals surface area contributed by atoms with Gasteiger partial charge in [0, 0.05) is 13.1 Å². The van der Waals surface area contributed by atoms with Crippen molar-refractivity contribution < 1.29 is 17.9 Å². The molecule has 1 aromatic carbocycles. The molecule has 1 N–H and O–H groups in total. The predicted molar refractivity (Wildman–Crippen MR) is 102 cm³/mol. The number of carbonyl (C=O) groups is 1. The maximum absolute atomic E-state index is 12.8. The molecule has 6 nitrogen and oxygen atoms in total. The first-order chi connectivity index (χ1) is 12.2. The number of sulfonamides is 1. The van der Waals surface area contributed by atoms with Crippen molar-refractivity contribution in [1.29, 1.82) is 0 Å². The molecule has 26 heavy (non-hydrogen) atoms. The van der Waals surface area contributed by atoms with Gasteiger partial charge in [-0.25, -0.2) is 8.42 Å². The number of piperidine rings is 1. The Kier molecular flexibility index (Phi) is 7.06. The topological polar surface area (TPSA) is 75.7 Å². The predicted octanol–water partition coefficient (Wildman–Crippen LogP) is 2.79. The van der Waals surface area contributed by atoms with Crippen molar-refractivity contribution in [2.75, 3.05) is 13.1 Å². The smallest absolute Gasteiger partial charge is 0.241 e. The largest absolute Gasteiger partial charge is 0.491 e. The van der Waals surface area contributed by atoms with Crippen LogP contribution in [0.1, 0.15) is 47.0 Å². The van der Waals surface area contributed by atoms with Gasteiger partial charge in [-0.1, -0.05) is 13.8 Å². The molecule has 2 rings (SSSR count). The Morgan fingerprint density at radius 3 is 2.12 bits per heavy atom. The first-order valence-electron chi connectivity index (χ1n) is 9.28. The van der Waals surface area contributed by atoms with Crippen molar-refractivity contribution in [3.8, 4) is 5.75 Å². The monoisotopic (exact) mass is 382 g/mol.